The van der Waals surface area contributed by atoms with Crippen LogP contribution >= 0.6 is 24.0 Å². The number of benzene rings is 1. The molecule has 0 spiro atoms. The van der Waals surface area contributed by atoms with Crippen molar-refractivity contribution in [3.8, 4) is 5.69 Å². The van der Waals surface area contributed by atoms with Gasteiger partial charge in [-0.25, -0.2) is 4.68 Å². The quantitative estimate of drug-likeness (QED) is 0.781. The van der Waals surface area contributed by atoms with E-state index in [-0.39, 0.29) is 24.6 Å². The number of amides is 1. The van der Waals surface area contributed by atoms with Crippen LogP contribution in [0.3, 0.4) is 0 Å². The average Bonchev–Trinajstić information content (AvgIpc) is 2.93. The van der Waals surface area contributed by atoms with Gasteiger partial charge in [0.25, 0.3) is 5.91 Å². The molecule has 1 amide bonds. The van der Waals surface area contributed by atoms with Crippen molar-refractivity contribution in [2.75, 3.05) is 20.1 Å². The lowest BCUT2D eigenvalue weighted by Crippen LogP contribution is -2.31. The molecular weight excluding hydrogens is 368 g/mol. The van der Waals surface area contributed by atoms with Gasteiger partial charge in [0.15, 0.2) is 5.69 Å². The van der Waals surface area contributed by atoms with Crippen molar-refractivity contribution in [1.29, 1.82) is 0 Å². The monoisotopic (exact) mass is 382 g/mol. The van der Waals surface area contributed by atoms with E-state index in [1.54, 1.807) is 7.05 Å². The molecule has 2 N–H and O–H groups in total. The van der Waals surface area contributed by atoms with Crippen LogP contribution in [0, 0.1) is 0 Å². The number of rotatable bonds is 5. The van der Waals surface area contributed by atoms with E-state index in [1.165, 1.54) is 24.3 Å². The van der Waals surface area contributed by atoms with Crippen LogP contribution in [0.15, 0.2) is 30.5 Å². The predicted octanol–water partition coefficient (Wildman–Crippen LogP) is 2.92. The van der Waals surface area contributed by atoms with Crippen molar-refractivity contribution in [3.63, 3.8) is 0 Å². The molecule has 5 nitrogen and oxygen atoms in total. The molecule has 0 atom stereocenters. The first-order valence-corrected chi connectivity index (χ1v) is 7.06. The molecule has 24 heavy (non-hydrogen) atoms. The van der Waals surface area contributed by atoms with Crippen molar-refractivity contribution in [2.45, 2.75) is 6.18 Å². The van der Waals surface area contributed by atoms with Crippen LogP contribution in [0.5, 0.6) is 0 Å². The largest absolute Gasteiger partial charge is 0.434 e. The zero-order valence-corrected chi connectivity index (χ0v) is 14.1. The normalized spacial score (nSPS) is 11.0. The zero-order chi connectivity index (χ0) is 17.0. The summed E-state index contributed by atoms with van der Waals surface area (Å²) in [6.07, 6.45) is -3.82. The highest BCUT2D eigenvalue weighted by Crippen LogP contribution is 2.33. The Morgan fingerprint density at radius 2 is 1.88 bits per heavy atom. The van der Waals surface area contributed by atoms with Crippen LogP contribution in [-0.4, -0.2) is 35.8 Å². The van der Waals surface area contributed by atoms with Crippen molar-refractivity contribution < 1.29 is 18.0 Å². The number of aromatic nitrogens is 2. The maximum Gasteiger partial charge on any atom is 0.434 e. The lowest BCUT2D eigenvalue weighted by molar-refractivity contribution is -0.143. The first-order chi connectivity index (χ1) is 10.8. The molecule has 0 saturated carbocycles. The van der Waals surface area contributed by atoms with Gasteiger partial charge in [-0.2, -0.15) is 18.3 Å². The van der Waals surface area contributed by atoms with Gasteiger partial charge in [0.1, 0.15) is 0 Å². The molecular formula is C14H15Cl2F3N4O. The third kappa shape index (κ3) is 4.62. The number of hydrogen-bond acceptors (Lipinski definition) is 3. The molecule has 0 aliphatic heterocycles. The molecule has 1 heterocycles. The van der Waals surface area contributed by atoms with Crippen molar-refractivity contribution >= 4 is 29.9 Å². The van der Waals surface area contributed by atoms with E-state index in [0.29, 0.717) is 16.2 Å². The highest BCUT2D eigenvalue weighted by Gasteiger charge is 2.40. The standard InChI is InChI=1S/C14H14ClF3N4O.ClH/c1-19-6-7-20-13(23)11-8-21-22(12(11)14(16,17)18)10-4-2-9(15)3-5-10;/h2-5,8,19H,6-7H2,1H3,(H,20,23);1H. The van der Waals surface area contributed by atoms with Gasteiger partial charge >= 0.3 is 6.18 Å². The van der Waals surface area contributed by atoms with E-state index >= 15 is 0 Å². The number of alkyl halides is 3. The number of likely N-dealkylation sites (N-methyl/N-ethyl adjacent to an activating group) is 1. The molecule has 0 aliphatic rings. The minimum absolute atomic E-state index is 0. The van der Waals surface area contributed by atoms with Gasteiger partial charge in [-0.05, 0) is 31.3 Å². The second-order valence-electron chi connectivity index (χ2n) is 4.65. The molecule has 1 aromatic carbocycles. The Kier molecular flexibility index (Phi) is 7.07. The summed E-state index contributed by atoms with van der Waals surface area (Å²) in [7, 11) is 1.67. The highest BCUT2D eigenvalue weighted by molar-refractivity contribution is 6.30. The number of halogens is 5. The molecule has 0 bridgehead atoms. The van der Waals surface area contributed by atoms with Crippen LogP contribution in [0.2, 0.25) is 5.02 Å². The second-order valence-corrected chi connectivity index (χ2v) is 5.09. The minimum Gasteiger partial charge on any atom is -0.351 e. The Labute approximate surface area is 147 Å². The summed E-state index contributed by atoms with van der Waals surface area (Å²) in [5.74, 6) is -0.826. The Morgan fingerprint density at radius 3 is 2.42 bits per heavy atom. The molecule has 0 aliphatic carbocycles. The topological polar surface area (TPSA) is 58.9 Å². The van der Waals surface area contributed by atoms with E-state index in [0.717, 1.165) is 6.20 Å². The SMILES string of the molecule is CNCCNC(=O)c1cnn(-c2ccc(Cl)cc2)c1C(F)(F)F.Cl. The Hall–Kier alpha value is -1.77. The Morgan fingerprint density at radius 1 is 1.25 bits per heavy atom. The summed E-state index contributed by atoms with van der Waals surface area (Å²) < 4.78 is 40.8. The fraction of sp³-hybridized carbons (Fsp3) is 0.286. The Bertz CT molecular complexity index is 686. The predicted molar refractivity (Wildman–Crippen MR) is 87.1 cm³/mol. The average molecular weight is 383 g/mol. The molecule has 2 aromatic rings. The van der Waals surface area contributed by atoms with Gasteiger partial charge in [0.05, 0.1) is 17.4 Å². The molecule has 0 fully saturated rings. The van der Waals surface area contributed by atoms with Gasteiger partial charge in [-0.3, -0.25) is 4.79 Å². The third-order valence-corrected chi connectivity index (χ3v) is 3.27. The van der Waals surface area contributed by atoms with Crippen LogP contribution < -0.4 is 10.6 Å². The van der Waals surface area contributed by atoms with E-state index in [9.17, 15) is 18.0 Å². The van der Waals surface area contributed by atoms with Crippen LogP contribution in [0.25, 0.3) is 5.69 Å². The molecule has 0 radical (unpaired) electrons. The van der Waals surface area contributed by atoms with Gasteiger partial charge in [0.2, 0.25) is 0 Å². The van der Waals surface area contributed by atoms with E-state index in [4.69, 9.17) is 11.6 Å². The minimum atomic E-state index is -4.73. The van der Waals surface area contributed by atoms with Gasteiger partial charge < -0.3 is 10.6 Å². The summed E-state index contributed by atoms with van der Waals surface area (Å²) in [5, 5.41) is 9.29. The van der Waals surface area contributed by atoms with Gasteiger partial charge in [-0.1, -0.05) is 11.6 Å². The number of nitrogens with one attached hydrogen (secondary N) is 2. The third-order valence-electron chi connectivity index (χ3n) is 3.01. The summed E-state index contributed by atoms with van der Waals surface area (Å²) in [5.41, 5.74) is -1.48. The summed E-state index contributed by atoms with van der Waals surface area (Å²) in [4.78, 5) is 12.0. The summed E-state index contributed by atoms with van der Waals surface area (Å²) in [6, 6.07) is 5.69. The maximum atomic E-state index is 13.4. The molecule has 0 saturated heterocycles. The molecule has 1 aromatic heterocycles. The number of hydrogen-bond donors (Lipinski definition) is 2. The van der Waals surface area contributed by atoms with Gasteiger partial charge in [-0.15, -0.1) is 12.4 Å². The summed E-state index contributed by atoms with van der Waals surface area (Å²) >= 11 is 5.73. The zero-order valence-electron chi connectivity index (χ0n) is 12.5. The van der Waals surface area contributed by atoms with Gasteiger partial charge in [0, 0.05) is 18.1 Å². The molecule has 132 valence electrons. The van der Waals surface area contributed by atoms with Crippen LogP contribution in [-0.2, 0) is 6.18 Å². The van der Waals surface area contributed by atoms with E-state index < -0.39 is 23.3 Å². The van der Waals surface area contributed by atoms with Crippen molar-refractivity contribution in [2.24, 2.45) is 0 Å². The fourth-order valence-corrected chi connectivity index (χ4v) is 2.09. The summed E-state index contributed by atoms with van der Waals surface area (Å²) in [6.45, 7) is 0.650. The Balaban J connectivity index is 0.00000288. The van der Waals surface area contributed by atoms with Crippen molar-refractivity contribution in [1.82, 2.24) is 20.4 Å². The highest BCUT2D eigenvalue weighted by atomic mass is 35.5. The number of carbonyl (C=O) groups is 1. The fourth-order valence-electron chi connectivity index (χ4n) is 1.96. The first-order valence-electron chi connectivity index (χ1n) is 6.68. The van der Waals surface area contributed by atoms with E-state index in [2.05, 4.69) is 15.7 Å². The first kappa shape index (κ1) is 20.3. The number of carbonyl (C=O) groups excluding carboxylic acids is 1. The van der Waals surface area contributed by atoms with Crippen molar-refractivity contribution in [3.05, 3.63) is 46.7 Å². The number of nitrogens with zero attached hydrogens (tertiary/aromatic N) is 2. The molecule has 10 heteroatoms. The van der Waals surface area contributed by atoms with Crippen LogP contribution in [0.1, 0.15) is 16.1 Å². The lowest BCUT2D eigenvalue weighted by Gasteiger charge is -2.13. The smallest absolute Gasteiger partial charge is 0.351 e. The maximum absolute atomic E-state index is 13.4. The van der Waals surface area contributed by atoms with E-state index in [1.807, 2.05) is 0 Å². The molecule has 2 rings (SSSR count). The molecule has 0 unspecified atom stereocenters. The lowest BCUT2D eigenvalue weighted by atomic mass is 10.2. The van der Waals surface area contributed by atoms with Crippen LogP contribution in [0.4, 0.5) is 13.2 Å². The second kappa shape index (κ2) is 8.36.